The topological polar surface area (TPSA) is 26.0 Å². The zero-order chi connectivity index (χ0) is 14.0. The second-order valence-electron chi connectivity index (χ2n) is 7.34. The second-order valence-corrected chi connectivity index (χ2v) is 7.34. The second kappa shape index (κ2) is 9.80. The van der Waals surface area contributed by atoms with E-state index >= 15 is 0 Å². The van der Waals surface area contributed by atoms with Gasteiger partial charge in [-0.2, -0.15) is 0 Å². The summed E-state index contributed by atoms with van der Waals surface area (Å²) in [6.45, 7) is 4.46. The summed E-state index contributed by atoms with van der Waals surface area (Å²) in [6, 6.07) is 0. The Kier molecular flexibility index (Phi) is 8.77. The van der Waals surface area contributed by atoms with Crippen molar-refractivity contribution in [3.05, 3.63) is 0 Å². The summed E-state index contributed by atoms with van der Waals surface area (Å²) < 4.78 is 0. The number of hydrogen-bond acceptors (Lipinski definition) is 1. The van der Waals surface area contributed by atoms with Crippen LogP contribution >= 0.6 is 0 Å². The molecule has 0 saturated heterocycles. The zero-order valence-electron chi connectivity index (χ0n) is 13.6. The van der Waals surface area contributed by atoms with Gasteiger partial charge in [-0.25, -0.2) is 0 Å². The molecule has 1 rings (SSSR count). The van der Waals surface area contributed by atoms with Crippen LogP contribution in [0.1, 0.15) is 104 Å². The SMILES string of the molecule is CC(C)(N)C1CCCCCCCCCCCCCC1. The summed E-state index contributed by atoms with van der Waals surface area (Å²) in [7, 11) is 0. The Morgan fingerprint density at radius 2 is 0.842 bits per heavy atom. The predicted molar refractivity (Wildman–Crippen MR) is 86.4 cm³/mol. The largest absolute Gasteiger partial charge is 0.325 e. The third kappa shape index (κ3) is 8.68. The van der Waals surface area contributed by atoms with Gasteiger partial charge in [-0.15, -0.1) is 0 Å². The lowest BCUT2D eigenvalue weighted by Crippen LogP contribution is -2.40. The van der Waals surface area contributed by atoms with Crippen LogP contribution in [-0.2, 0) is 0 Å². The van der Waals surface area contributed by atoms with Crippen LogP contribution in [0.2, 0.25) is 0 Å². The lowest BCUT2D eigenvalue weighted by Gasteiger charge is -2.31. The number of nitrogens with two attached hydrogens (primary N) is 1. The number of rotatable bonds is 1. The molecule has 1 heteroatoms. The van der Waals surface area contributed by atoms with Gasteiger partial charge in [0.15, 0.2) is 0 Å². The van der Waals surface area contributed by atoms with Crippen molar-refractivity contribution in [2.24, 2.45) is 11.7 Å². The molecule has 0 atom stereocenters. The molecule has 0 radical (unpaired) electrons. The van der Waals surface area contributed by atoms with Crippen LogP contribution in [0.15, 0.2) is 0 Å². The highest BCUT2D eigenvalue weighted by Crippen LogP contribution is 2.27. The molecule has 0 aromatic heterocycles. The van der Waals surface area contributed by atoms with E-state index in [2.05, 4.69) is 13.8 Å². The van der Waals surface area contributed by atoms with Crippen molar-refractivity contribution in [2.75, 3.05) is 0 Å². The maximum Gasteiger partial charge on any atom is 0.0125 e. The predicted octanol–water partition coefficient (Wildman–Crippen LogP) is 5.81. The van der Waals surface area contributed by atoms with Crippen molar-refractivity contribution in [3.8, 4) is 0 Å². The minimum absolute atomic E-state index is 0.0218. The van der Waals surface area contributed by atoms with E-state index in [9.17, 15) is 0 Å². The molecular weight excluding hydrogens is 230 g/mol. The molecule has 2 N–H and O–H groups in total. The first-order chi connectivity index (χ1) is 9.11. The Labute approximate surface area is 121 Å². The van der Waals surface area contributed by atoms with Crippen LogP contribution in [0.3, 0.4) is 0 Å². The molecule has 0 amide bonds. The lowest BCUT2D eigenvalue weighted by molar-refractivity contribution is 0.267. The molecule has 0 heterocycles. The molecule has 0 unspecified atom stereocenters. The van der Waals surface area contributed by atoms with E-state index in [1.54, 1.807) is 0 Å². The standard InChI is InChI=1S/C18H37N/c1-18(2,19)17-15-13-11-9-7-5-3-4-6-8-10-12-14-16-17/h17H,3-16,19H2,1-2H3. The summed E-state index contributed by atoms with van der Waals surface area (Å²) in [4.78, 5) is 0. The van der Waals surface area contributed by atoms with Crippen molar-refractivity contribution in [1.82, 2.24) is 0 Å². The summed E-state index contributed by atoms with van der Waals surface area (Å²) in [5.74, 6) is 0.734. The molecule has 1 saturated carbocycles. The Hall–Kier alpha value is -0.0400. The average molecular weight is 268 g/mol. The highest BCUT2D eigenvalue weighted by molar-refractivity contribution is 4.82. The van der Waals surface area contributed by atoms with Gasteiger partial charge in [0.1, 0.15) is 0 Å². The van der Waals surface area contributed by atoms with E-state index in [4.69, 9.17) is 5.73 Å². The molecule has 19 heavy (non-hydrogen) atoms. The first-order valence-corrected chi connectivity index (χ1v) is 8.89. The van der Waals surface area contributed by atoms with Crippen molar-refractivity contribution in [3.63, 3.8) is 0 Å². The van der Waals surface area contributed by atoms with Gasteiger partial charge >= 0.3 is 0 Å². The average Bonchev–Trinajstić information content (AvgIpc) is 2.35. The minimum atomic E-state index is 0.0218. The fourth-order valence-electron chi connectivity index (χ4n) is 3.44. The Bertz CT molecular complexity index is 188. The van der Waals surface area contributed by atoms with Crippen LogP contribution in [-0.4, -0.2) is 5.54 Å². The highest BCUT2D eigenvalue weighted by Gasteiger charge is 2.23. The van der Waals surface area contributed by atoms with Crippen LogP contribution in [0.25, 0.3) is 0 Å². The summed E-state index contributed by atoms with van der Waals surface area (Å²) in [5.41, 5.74) is 6.39. The maximum absolute atomic E-state index is 6.37. The van der Waals surface area contributed by atoms with Crippen molar-refractivity contribution in [1.29, 1.82) is 0 Å². The maximum atomic E-state index is 6.37. The van der Waals surface area contributed by atoms with Crippen molar-refractivity contribution < 1.29 is 0 Å². The van der Waals surface area contributed by atoms with E-state index in [0.717, 1.165) is 5.92 Å². The molecule has 0 aromatic carbocycles. The molecule has 1 nitrogen and oxygen atoms in total. The quantitative estimate of drug-likeness (QED) is 0.637. The third-order valence-electron chi connectivity index (χ3n) is 4.91. The molecule has 0 bridgehead atoms. The Morgan fingerprint density at radius 3 is 1.11 bits per heavy atom. The lowest BCUT2D eigenvalue weighted by atomic mass is 9.80. The molecule has 0 spiro atoms. The van der Waals surface area contributed by atoms with E-state index in [1.165, 1.54) is 89.9 Å². The van der Waals surface area contributed by atoms with Crippen LogP contribution < -0.4 is 5.73 Å². The zero-order valence-corrected chi connectivity index (χ0v) is 13.6. The Morgan fingerprint density at radius 1 is 0.579 bits per heavy atom. The van der Waals surface area contributed by atoms with E-state index < -0.39 is 0 Å². The van der Waals surface area contributed by atoms with Gasteiger partial charge < -0.3 is 5.73 Å². The van der Waals surface area contributed by atoms with Gasteiger partial charge in [0, 0.05) is 5.54 Å². The highest BCUT2D eigenvalue weighted by atomic mass is 14.7. The monoisotopic (exact) mass is 267 g/mol. The van der Waals surface area contributed by atoms with Gasteiger partial charge in [0.2, 0.25) is 0 Å². The molecule has 1 aliphatic carbocycles. The summed E-state index contributed by atoms with van der Waals surface area (Å²) >= 11 is 0. The van der Waals surface area contributed by atoms with Gasteiger partial charge in [-0.05, 0) is 32.6 Å². The van der Waals surface area contributed by atoms with Crippen LogP contribution in [0.5, 0.6) is 0 Å². The first kappa shape index (κ1) is 17.0. The third-order valence-corrected chi connectivity index (χ3v) is 4.91. The van der Waals surface area contributed by atoms with E-state index in [-0.39, 0.29) is 5.54 Å². The molecule has 1 aliphatic rings. The summed E-state index contributed by atoms with van der Waals surface area (Å²) in [6.07, 6.45) is 20.0. The van der Waals surface area contributed by atoms with Gasteiger partial charge in [0.25, 0.3) is 0 Å². The van der Waals surface area contributed by atoms with Crippen molar-refractivity contribution >= 4 is 0 Å². The fraction of sp³-hybridized carbons (Fsp3) is 1.00. The van der Waals surface area contributed by atoms with Crippen LogP contribution in [0.4, 0.5) is 0 Å². The van der Waals surface area contributed by atoms with Gasteiger partial charge in [-0.1, -0.05) is 77.0 Å². The minimum Gasteiger partial charge on any atom is -0.325 e. The van der Waals surface area contributed by atoms with Gasteiger partial charge in [0.05, 0.1) is 0 Å². The van der Waals surface area contributed by atoms with Crippen LogP contribution in [0, 0.1) is 5.92 Å². The molecular formula is C18H37N. The van der Waals surface area contributed by atoms with E-state index in [0.29, 0.717) is 0 Å². The summed E-state index contributed by atoms with van der Waals surface area (Å²) in [5, 5.41) is 0. The van der Waals surface area contributed by atoms with E-state index in [1.807, 2.05) is 0 Å². The van der Waals surface area contributed by atoms with Crippen molar-refractivity contribution in [2.45, 2.75) is 109 Å². The van der Waals surface area contributed by atoms with Gasteiger partial charge in [-0.3, -0.25) is 0 Å². The normalized spacial score (nSPS) is 23.5. The molecule has 1 fully saturated rings. The number of hydrogen-bond donors (Lipinski definition) is 1. The molecule has 0 aromatic rings. The Balaban J connectivity index is 2.34. The smallest absolute Gasteiger partial charge is 0.0125 e. The fourth-order valence-corrected chi connectivity index (χ4v) is 3.44. The molecule has 0 aliphatic heterocycles. The first-order valence-electron chi connectivity index (χ1n) is 8.89. The molecule has 114 valence electrons.